The molecule has 0 fully saturated rings. The standard InChI is InChI=1S/C6H13N2O/c1-3-5-8-6(9)7-4-2/h1,3-5H2,2H3,(H2,7,8,9). The van der Waals surface area contributed by atoms with Crippen molar-refractivity contribution in [1.29, 1.82) is 0 Å². The van der Waals surface area contributed by atoms with Crippen molar-refractivity contribution in [3.63, 3.8) is 0 Å². The zero-order valence-corrected chi connectivity index (χ0v) is 5.74. The summed E-state index contributed by atoms with van der Waals surface area (Å²) < 4.78 is 0. The van der Waals surface area contributed by atoms with Gasteiger partial charge in [0.15, 0.2) is 0 Å². The summed E-state index contributed by atoms with van der Waals surface area (Å²) in [7, 11) is 0. The van der Waals surface area contributed by atoms with Gasteiger partial charge in [0.1, 0.15) is 0 Å². The first-order valence-electron chi connectivity index (χ1n) is 3.12. The van der Waals surface area contributed by atoms with E-state index in [0.29, 0.717) is 13.1 Å². The molecule has 0 saturated carbocycles. The van der Waals surface area contributed by atoms with Crippen molar-refractivity contribution in [2.24, 2.45) is 0 Å². The van der Waals surface area contributed by atoms with E-state index >= 15 is 0 Å². The van der Waals surface area contributed by atoms with Gasteiger partial charge in [-0.1, -0.05) is 6.92 Å². The van der Waals surface area contributed by atoms with Crippen molar-refractivity contribution in [2.75, 3.05) is 13.1 Å². The predicted molar refractivity (Wildman–Crippen MR) is 37.0 cm³/mol. The number of rotatable bonds is 3. The summed E-state index contributed by atoms with van der Waals surface area (Å²) in [5, 5.41) is 5.22. The predicted octanol–water partition coefficient (Wildman–Crippen LogP) is 0.530. The van der Waals surface area contributed by atoms with E-state index in [2.05, 4.69) is 17.6 Å². The molecule has 3 heteroatoms. The van der Waals surface area contributed by atoms with E-state index in [0.717, 1.165) is 6.42 Å². The van der Waals surface area contributed by atoms with Crippen molar-refractivity contribution in [1.82, 2.24) is 10.6 Å². The highest BCUT2D eigenvalue weighted by Crippen LogP contribution is 1.68. The summed E-state index contributed by atoms with van der Waals surface area (Å²) in [6, 6.07) is -0.110. The third-order valence-corrected chi connectivity index (χ3v) is 0.800. The molecule has 0 aliphatic carbocycles. The van der Waals surface area contributed by atoms with Crippen LogP contribution in [-0.2, 0) is 0 Å². The Labute approximate surface area is 55.8 Å². The van der Waals surface area contributed by atoms with Gasteiger partial charge >= 0.3 is 6.03 Å². The van der Waals surface area contributed by atoms with Gasteiger partial charge in [0, 0.05) is 13.1 Å². The highest BCUT2D eigenvalue weighted by Gasteiger charge is 1.91. The van der Waals surface area contributed by atoms with E-state index in [1.54, 1.807) is 0 Å². The normalized spacial score (nSPS) is 8.67. The van der Waals surface area contributed by atoms with E-state index in [1.165, 1.54) is 0 Å². The highest BCUT2D eigenvalue weighted by atomic mass is 16.2. The lowest BCUT2D eigenvalue weighted by atomic mass is 10.5. The number of hydrogen-bond acceptors (Lipinski definition) is 1. The molecule has 9 heavy (non-hydrogen) atoms. The maximum Gasteiger partial charge on any atom is 0.314 e. The van der Waals surface area contributed by atoms with Crippen LogP contribution in [0, 0.1) is 6.92 Å². The third-order valence-electron chi connectivity index (χ3n) is 0.800. The third kappa shape index (κ3) is 5.14. The molecule has 0 unspecified atom stereocenters. The molecule has 1 radical (unpaired) electrons. The summed E-state index contributed by atoms with van der Waals surface area (Å²) in [6.45, 7) is 6.77. The van der Waals surface area contributed by atoms with Crippen LogP contribution in [0.3, 0.4) is 0 Å². The largest absolute Gasteiger partial charge is 0.338 e. The lowest BCUT2D eigenvalue weighted by Gasteiger charge is -2.01. The average molecular weight is 129 g/mol. The van der Waals surface area contributed by atoms with Crippen molar-refractivity contribution in [3.8, 4) is 0 Å². The molecule has 2 N–H and O–H groups in total. The van der Waals surface area contributed by atoms with E-state index in [-0.39, 0.29) is 6.03 Å². The molecule has 3 nitrogen and oxygen atoms in total. The Morgan fingerprint density at radius 1 is 1.56 bits per heavy atom. The minimum atomic E-state index is -0.110. The zero-order chi connectivity index (χ0) is 7.11. The fourth-order valence-corrected chi connectivity index (χ4v) is 0.425. The molecular formula is C6H13N2O. The molecule has 0 heterocycles. The summed E-state index contributed by atoms with van der Waals surface area (Å²) in [4.78, 5) is 10.6. The van der Waals surface area contributed by atoms with Gasteiger partial charge in [-0.05, 0) is 13.3 Å². The second-order valence-corrected chi connectivity index (χ2v) is 1.64. The van der Waals surface area contributed by atoms with E-state index in [9.17, 15) is 4.79 Å². The van der Waals surface area contributed by atoms with Gasteiger partial charge in [-0.15, -0.1) is 0 Å². The molecule has 0 aromatic rings. The molecule has 0 atom stereocenters. The fraction of sp³-hybridized carbons (Fsp3) is 0.667. The van der Waals surface area contributed by atoms with Crippen LogP contribution in [0.2, 0.25) is 0 Å². The van der Waals surface area contributed by atoms with Crippen molar-refractivity contribution < 1.29 is 4.79 Å². The van der Waals surface area contributed by atoms with Crippen LogP contribution < -0.4 is 10.6 Å². The molecule has 0 aliphatic heterocycles. The number of hydrogen-bond donors (Lipinski definition) is 2. The number of carbonyl (C=O) groups is 1. The van der Waals surface area contributed by atoms with Crippen LogP contribution >= 0.6 is 0 Å². The quantitative estimate of drug-likeness (QED) is 0.573. The minimum absolute atomic E-state index is 0.110. The molecule has 0 aromatic carbocycles. The van der Waals surface area contributed by atoms with Gasteiger partial charge in [-0.25, -0.2) is 4.79 Å². The van der Waals surface area contributed by atoms with E-state index in [1.807, 2.05) is 6.92 Å². The van der Waals surface area contributed by atoms with Crippen molar-refractivity contribution in [3.05, 3.63) is 6.92 Å². The number of urea groups is 1. The summed E-state index contributed by atoms with van der Waals surface area (Å²) in [5.41, 5.74) is 0. The second kappa shape index (κ2) is 5.41. The lowest BCUT2D eigenvalue weighted by molar-refractivity contribution is 0.241. The van der Waals surface area contributed by atoms with Gasteiger partial charge in [0.25, 0.3) is 0 Å². The van der Waals surface area contributed by atoms with Crippen LogP contribution in [0.5, 0.6) is 0 Å². The van der Waals surface area contributed by atoms with Crippen LogP contribution in [0.1, 0.15) is 13.3 Å². The first-order valence-corrected chi connectivity index (χ1v) is 3.12. The molecule has 0 spiro atoms. The van der Waals surface area contributed by atoms with Crippen LogP contribution in [0.15, 0.2) is 0 Å². The molecule has 0 bridgehead atoms. The van der Waals surface area contributed by atoms with Crippen molar-refractivity contribution >= 4 is 6.03 Å². The summed E-state index contributed by atoms with van der Waals surface area (Å²) in [6.07, 6.45) is 0.733. The second-order valence-electron chi connectivity index (χ2n) is 1.64. The Balaban J connectivity index is 3.06. The molecule has 0 aliphatic rings. The zero-order valence-electron chi connectivity index (χ0n) is 5.74. The van der Waals surface area contributed by atoms with Gasteiger partial charge in [0.2, 0.25) is 0 Å². The maximum absolute atomic E-state index is 10.6. The summed E-state index contributed by atoms with van der Waals surface area (Å²) >= 11 is 0. The monoisotopic (exact) mass is 129 g/mol. The fourth-order valence-electron chi connectivity index (χ4n) is 0.425. The van der Waals surface area contributed by atoms with Gasteiger partial charge < -0.3 is 10.6 Å². The van der Waals surface area contributed by atoms with Gasteiger partial charge in [-0.2, -0.15) is 0 Å². The van der Waals surface area contributed by atoms with E-state index < -0.39 is 0 Å². The first kappa shape index (κ1) is 8.27. The smallest absolute Gasteiger partial charge is 0.314 e. The molecule has 2 amide bonds. The number of amides is 2. The SMILES string of the molecule is [CH2]CCNC(=O)NCC. The van der Waals surface area contributed by atoms with Crippen LogP contribution in [0.25, 0.3) is 0 Å². The maximum atomic E-state index is 10.6. The van der Waals surface area contributed by atoms with Crippen molar-refractivity contribution in [2.45, 2.75) is 13.3 Å². The average Bonchev–Trinajstić information content (AvgIpc) is 1.85. The Kier molecular flexibility index (Phi) is 4.97. The Morgan fingerprint density at radius 2 is 2.22 bits per heavy atom. The molecule has 0 saturated heterocycles. The molecular weight excluding hydrogens is 116 g/mol. The minimum Gasteiger partial charge on any atom is -0.338 e. The van der Waals surface area contributed by atoms with Gasteiger partial charge in [-0.3, -0.25) is 0 Å². The topological polar surface area (TPSA) is 41.1 Å². The van der Waals surface area contributed by atoms with E-state index in [4.69, 9.17) is 0 Å². The molecule has 53 valence electrons. The lowest BCUT2D eigenvalue weighted by Crippen LogP contribution is -2.35. The molecule has 0 aromatic heterocycles. The van der Waals surface area contributed by atoms with Gasteiger partial charge in [0.05, 0.1) is 0 Å². The Hall–Kier alpha value is -0.730. The number of carbonyl (C=O) groups excluding carboxylic acids is 1. The van der Waals surface area contributed by atoms with Crippen LogP contribution in [0.4, 0.5) is 4.79 Å². The Morgan fingerprint density at radius 3 is 2.67 bits per heavy atom. The van der Waals surface area contributed by atoms with Crippen LogP contribution in [-0.4, -0.2) is 19.1 Å². The molecule has 0 rings (SSSR count). The highest BCUT2D eigenvalue weighted by molar-refractivity contribution is 5.73. The first-order chi connectivity index (χ1) is 4.31. The Bertz CT molecular complexity index is 83.1. The number of nitrogens with one attached hydrogen (secondary N) is 2. The summed E-state index contributed by atoms with van der Waals surface area (Å²) in [5.74, 6) is 0.